The van der Waals surface area contributed by atoms with Gasteiger partial charge in [0.05, 0.1) is 42.7 Å². The number of thioether (sulfide) groups is 1. The zero-order valence-corrected chi connectivity index (χ0v) is 17.0. The lowest BCUT2D eigenvalue weighted by Crippen LogP contribution is -2.36. The standard InChI is InChI=1S/C20H23FN4O2S/c1-12-10-22-17(13(2)19(12)26-3)11-28-20-23-15-8-14(21)18(9-16(15)24-20)25-4-6-27-7-5-25/h8-10H,4-7,11H2,1-3H3,(H,23,24). The van der Waals surface area contributed by atoms with Crippen molar-refractivity contribution >= 4 is 28.5 Å². The number of imidazole rings is 1. The number of aromatic nitrogens is 3. The van der Waals surface area contributed by atoms with Gasteiger partial charge in [0, 0.05) is 42.2 Å². The Morgan fingerprint density at radius 3 is 2.82 bits per heavy atom. The zero-order chi connectivity index (χ0) is 19.7. The van der Waals surface area contributed by atoms with Crippen LogP contribution in [-0.2, 0) is 10.5 Å². The lowest BCUT2D eigenvalue weighted by Gasteiger charge is -2.29. The second kappa shape index (κ2) is 7.97. The largest absolute Gasteiger partial charge is 0.496 e. The minimum Gasteiger partial charge on any atom is -0.496 e. The number of hydrogen-bond donors (Lipinski definition) is 1. The Bertz CT molecular complexity index is 1000. The summed E-state index contributed by atoms with van der Waals surface area (Å²) in [6.07, 6.45) is 1.82. The Kier molecular flexibility index (Phi) is 5.41. The van der Waals surface area contributed by atoms with Crippen molar-refractivity contribution in [2.45, 2.75) is 24.8 Å². The zero-order valence-electron chi connectivity index (χ0n) is 16.2. The molecule has 0 unspecified atom stereocenters. The highest BCUT2D eigenvalue weighted by Gasteiger charge is 2.18. The quantitative estimate of drug-likeness (QED) is 0.654. The first-order chi connectivity index (χ1) is 13.6. The smallest absolute Gasteiger partial charge is 0.166 e. The van der Waals surface area contributed by atoms with Crippen molar-refractivity contribution in [3.63, 3.8) is 0 Å². The fourth-order valence-corrected chi connectivity index (χ4v) is 4.37. The molecule has 28 heavy (non-hydrogen) atoms. The van der Waals surface area contributed by atoms with Crippen LogP contribution < -0.4 is 9.64 Å². The van der Waals surface area contributed by atoms with Crippen molar-refractivity contribution in [1.82, 2.24) is 15.0 Å². The number of fused-ring (bicyclic) bond motifs is 1. The summed E-state index contributed by atoms with van der Waals surface area (Å²) in [5.74, 6) is 1.28. The molecule has 0 aliphatic carbocycles. The summed E-state index contributed by atoms with van der Waals surface area (Å²) >= 11 is 1.55. The van der Waals surface area contributed by atoms with Crippen molar-refractivity contribution in [2.75, 3.05) is 38.3 Å². The van der Waals surface area contributed by atoms with E-state index >= 15 is 0 Å². The van der Waals surface area contributed by atoms with Crippen molar-refractivity contribution in [3.05, 3.63) is 41.0 Å². The molecule has 1 N–H and O–H groups in total. The highest BCUT2D eigenvalue weighted by atomic mass is 32.2. The minimum absolute atomic E-state index is 0.240. The normalized spacial score (nSPS) is 14.6. The van der Waals surface area contributed by atoms with Gasteiger partial charge in [-0.05, 0) is 19.9 Å². The van der Waals surface area contributed by atoms with Crippen molar-refractivity contribution in [2.24, 2.45) is 0 Å². The number of benzene rings is 1. The summed E-state index contributed by atoms with van der Waals surface area (Å²) in [6, 6.07) is 3.34. The minimum atomic E-state index is -0.240. The van der Waals surface area contributed by atoms with Crippen LogP contribution in [0.3, 0.4) is 0 Å². The number of aryl methyl sites for hydroxylation is 1. The molecule has 0 amide bonds. The van der Waals surface area contributed by atoms with Gasteiger partial charge in [-0.2, -0.15) is 0 Å². The van der Waals surface area contributed by atoms with Gasteiger partial charge in [-0.1, -0.05) is 11.8 Å². The third-order valence-electron chi connectivity index (χ3n) is 4.98. The summed E-state index contributed by atoms with van der Waals surface area (Å²) in [6.45, 7) is 6.60. The molecular formula is C20H23FN4O2S. The maximum absolute atomic E-state index is 14.6. The van der Waals surface area contributed by atoms with Gasteiger partial charge < -0.3 is 19.4 Å². The topological polar surface area (TPSA) is 63.3 Å². The highest BCUT2D eigenvalue weighted by Crippen LogP contribution is 2.31. The molecular weight excluding hydrogens is 379 g/mol. The highest BCUT2D eigenvalue weighted by molar-refractivity contribution is 7.98. The predicted octanol–water partition coefficient (Wildman–Crippen LogP) is 3.85. The van der Waals surface area contributed by atoms with Crippen LogP contribution in [0.2, 0.25) is 0 Å². The molecule has 1 aliphatic rings. The number of aromatic amines is 1. The average molecular weight is 402 g/mol. The average Bonchev–Trinajstić information content (AvgIpc) is 3.09. The molecule has 1 aromatic carbocycles. The second-order valence-electron chi connectivity index (χ2n) is 6.80. The van der Waals surface area contributed by atoms with E-state index in [4.69, 9.17) is 9.47 Å². The first-order valence-corrected chi connectivity index (χ1v) is 10.2. The molecule has 6 nitrogen and oxygen atoms in total. The third kappa shape index (κ3) is 3.66. The van der Waals surface area contributed by atoms with Gasteiger partial charge in [0.25, 0.3) is 0 Å². The van der Waals surface area contributed by atoms with E-state index in [1.807, 2.05) is 31.0 Å². The molecule has 0 atom stereocenters. The molecule has 1 aliphatic heterocycles. The maximum atomic E-state index is 14.6. The summed E-state index contributed by atoms with van der Waals surface area (Å²) < 4.78 is 25.4. The summed E-state index contributed by atoms with van der Waals surface area (Å²) in [7, 11) is 1.67. The molecule has 4 rings (SSSR count). The van der Waals surface area contributed by atoms with Gasteiger partial charge in [-0.25, -0.2) is 9.37 Å². The number of ether oxygens (including phenoxy) is 2. The maximum Gasteiger partial charge on any atom is 0.166 e. The number of nitrogens with one attached hydrogen (secondary N) is 1. The van der Waals surface area contributed by atoms with Gasteiger partial charge in [0.2, 0.25) is 0 Å². The molecule has 0 bridgehead atoms. The van der Waals surface area contributed by atoms with Crippen LogP contribution >= 0.6 is 11.8 Å². The molecule has 3 heterocycles. The number of H-pyrrole nitrogens is 1. The Balaban J connectivity index is 1.55. The van der Waals surface area contributed by atoms with Gasteiger partial charge in [0.1, 0.15) is 11.6 Å². The van der Waals surface area contributed by atoms with E-state index in [0.29, 0.717) is 43.3 Å². The van der Waals surface area contributed by atoms with E-state index < -0.39 is 0 Å². The number of hydrogen-bond acceptors (Lipinski definition) is 6. The van der Waals surface area contributed by atoms with Crippen LogP contribution in [0, 0.1) is 19.7 Å². The summed E-state index contributed by atoms with van der Waals surface area (Å²) in [5, 5.41) is 0.745. The SMILES string of the molecule is COc1c(C)cnc(CSc2nc3cc(N4CCOCC4)c(F)cc3[nH]2)c1C. The van der Waals surface area contributed by atoms with E-state index in [0.717, 1.165) is 33.2 Å². The number of anilines is 1. The van der Waals surface area contributed by atoms with Crippen LogP contribution in [0.4, 0.5) is 10.1 Å². The van der Waals surface area contributed by atoms with Crippen LogP contribution in [0.25, 0.3) is 11.0 Å². The first-order valence-electron chi connectivity index (χ1n) is 9.20. The molecule has 148 valence electrons. The van der Waals surface area contributed by atoms with Crippen molar-refractivity contribution in [3.8, 4) is 5.75 Å². The number of pyridine rings is 1. The third-order valence-corrected chi connectivity index (χ3v) is 5.86. The van der Waals surface area contributed by atoms with Crippen LogP contribution in [0.1, 0.15) is 16.8 Å². The Morgan fingerprint density at radius 2 is 2.07 bits per heavy atom. The number of rotatable bonds is 5. The molecule has 1 fully saturated rings. The Morgan fingerprint density at radius 1 is 1.29 bits per heavy atom. The van der Waals surface area contributed by atoms with Gasteiger partial charge in [-0.3, -0.25) is 4.98 Å². The van der Waals surface area contributed by atoms with E-state index in [1.165, 1.54) is 6.07 Å². The molecule has 0 spiro atoms. The summed E-state index contributed by atoms with van der Waals surface area (Å²) in [5.41, 5.74) is 5.04. The van der Waals surface area contributed by atoms with E-state index in [9.17, 15) is 4.39 Å². The van der Waals surface area contributed by atoms with E-state index in [1.54, 1.807) is 18.9 Å². The first kappa shape index (κ1) is 19.0. The van der Waals surface area contributed by atoms with Gasteiger partial charge in [-0.15, -0.1) is 0 Å². The van der Waals surface area contributed by atoms with E-state index in [2.05, 4.69) is 15.0 Å². The predicted molar refractivity (Wildman–Crippen MR) is 109 cm³/mol. The Hall–Kier alpha value is -2.32. The Labute approximate surface area is 167 Å². The lowest BCUT2D eigenvalue weighted by atomic mass is 10.1. The molecule has 2 aromatic heterocycles. The van der Waals surface area contributed by atoms with Crippen LogP contribution in [0.15, 0.2) is 23.5 Å². The summed E-state index contributed by atoms with van der Waals surface area (Å²) in [4.78, 5) is 14.4. The van der Waals surface area contributed by atoms with Crippen molar-refractivity contribution in [1.29, 1.82) is 0 Å². The van der Waals surface area contributed by atoms with Crippen molar-refractivity contribution < 1.29 is 13.9 Å². The number of morpholine rings is 1. The van der Waals surface area contributed by atoms with Crippen LogP contribution in [-0.4, -0.2) is 48.4 Å². The molecule has 3 aromatic rings. The van der Waals surface area contributed by atoms with E-state index in [-0.39, 0.29) is 5.82 Å². The number of nitrogens with zero attached hydrogens (tertiary/aromatic N) is 3. The molecule has 0 radical (unpaired) electrons. The lowest BCUT2D eigenvalue weighted by molar-refractivity contribution is 0.122. The van der Waals surface area contributed by atoms with Gasteiger partial charge >= 0.3 is 0 Å². The molecule has 1 saturated heterocycles. The number of halogens is 1. The monoisotopic (exact) mass is 402 g/mol. The molecule has 0 saturated carbocycles. The fraction of sp³-hybridized carbons (Fsp3) is 0.400. The van der Waals surface area contributed by atoms with Gasteiger partial charge in [0.15, 0.2) is 5.16 Å². The number of methoxy groups -OCH3 is 1. The second-order valence-corrected chi connectivity index (χ2v) is 7.76. The molecule has 8 heteroatoms. The van der Waals surface area contributed by atoms with Crippen LogP contribution in [0.5, 0.6) is 5.75 Å². The fourth-order valence-electron chi connectivity index (χ4n) is 3.46.